The van der Waals surface area contributed by atoms with Crippen molar-refractivity contribution in [1.29, 1.82) is 0 Å². The minimum absolute atomic E-state index is 0.000119. The Morgan fingerprint density at radius 3 is 2.50 bits per heavy atom. The van der Waals surface area contributed by atoms with Crippen LogP contribution >= 0.6 is 0 Å². The number of nitro benzene ring substituents is 1. The number of rotatable bonds is 4. The van der Waals surface area contributed by atoms with Gasteiger partial charge in [-0.3, -0.25) is 14.9 Å². The summed E-state index contributed by atoms with van der Waals surface area (Å²) in [6.45, 7) is 0.622. The van der Waals surface area contributed by atoms with Crippen molar-refractivity contribution in [3.05, 3.63) is 106 Å². The molecule has 1 aliphatic rings. The average Bonchev–Trinajstić information content (AvgIpc) is 3.16. The van der Waals surface area contributed by atoms with Crippen LogP contribution < -0.4 is 4.90 Å². The minimum atomic E-state index is -0.432. The van der Waals surface area contributed by atoms with Crippen molar-refractivity contribution in [2.45, 2.75) is 6.42 Å². The number of para-hydroxylation sites is 1. The number of non-ortho nitro benzene ring substituents is 1. The number of benzene rings is 3. The van der Waals surface area contributed by atoms with Gasteiger partial charge in [0.15, 0.2) is 0 Å². The molecule has 0 unspecified atom stereocenters. The highest BCUT2D eigenvalue weighted by Gasteiger charge is 2.27. The molecule has 1 heterocycles. The summed E-state index contributed by atoms with van der Waals surface area (Å²) in [6, 6.07) is 23.6. The molecule has 3 aromatic rings. The van der Waals surface area contributed by atoms with E-state index in [1.807, 2.05) is 54.6 Å². The Labute approximate surface area is 162 Å². The molecule has 1 aliphatic heterocycles. The van der Waals surface area contributed by atoms with Crippen LogP contribution in [0.1, 0.15) is 16.7 Å². The van der Waals surface area contributed by atoms with Crippen LogP contribution in [0.5, 0.6) is 0 Å². The van der Waals surface area contributed by atoms with Crippen LogP contribution in [0.25, 0.3) is 11.6 Å². The second-order valence-electron chi connectivity index (χ2n) is 6.61. The molecule has 0 bridgehead atoms. The molecule has 28 heavy (non-hydrogen) atoms. The normalized spacial score (nSPS) is 13.3. The number of hydrogen-bond acceptors (Lipinski definition) is 3. The van der Waals surface area contributed by atoms with Gasteiger partial charge >= 0.3 is 0 Å². The number of anilines is 1. The summed E-state index contributed by atoms with van der Waals surface area (Å²) in [4.78, 5) is 25.9. The second-order valence-corrected chi connectivity index (χ2v) is 6.61. The Kier molecular flexibility index (Phi) is 4.72. The third kappa shape index (κ3) is 3.42. The van der Waals surface area contributed by atoms with E-state index in [4.69, 9.17) is 0 Å². The van der Waals surface area contributed by atoms with Gasteiger partial charge in [0.1, 0.15) is 0 Å². The van der Waals surface area contributed by atoms with E-state index in [0.29, 0.717) is 17.7 Å². The highest BCUT2D eigenvalue weighted by molar-refractivity contribution is 6.30. The summed E-state index contributed by atoms with van der Waals surface area (Å²) in [6.07, 6.45) is 2.55. The number of fused-ring (bicyclic) bond motifs is 1. The average molecular weight is 370 g/mol. The zero-order valence-corrected chi connectivity index (χ0v) is 15.1. The molecule has 0 fully saturated rings. The van der Waals surface area contributed by atoms with Crippen molar-refractivity contribution in [3.8, 4) is 0 Å². The van der Waals surface area contributed by atoms with Crippen LogP contribution in [0.15, 0.2) is 78.9 Å². The molecule has 5 heteroatoms. The lowest BCUT2D eigenvalue weighted by Gasteiger charge is -2.19. The Morgan fingerprint density at radius 2 is 1.71 bits per heavy atom. The van der Waals surface area contributed by atoms with Crippen molar-refractivity contribution in [2.24, 2.45) is 0 Å². The molecule has 0 N–H and O–H groups in total. The van der Waals surface area contributed by atoms with Crippen molar-refractivity contribution < 1.29 is 9.72 Å². The maximum atomic E-state index is 13.5. The molecule has 0 aliphatic carbocycles. The predicted octanol–water partition coefficient (Wildman–Crippen LogP) is 4.72. The number of carbonyl (C=O) groups excluding carboxylic acids is 1. The van der Waals surface area contributed by atoms with Gasteiger partial charge in [0.05, 0.1) is 4.92 Å². The van der Waals surface area contributed by atoms with E-state index in [0.717, 1.165) is 23.2 Å². The van der Waals surface area contributed by atoms with Gasteiger partial charge in [0, 0.05) is 29.9 Å². The quantitative estimate of drug-likeness (QED) is 0.289. The standard InChI is InChI=1S/C23H18N2O3/c26-23(24-14-13-19-10-4-5-12-22(19)24)21(18-8-2-1-3-9-18)16-17-7-6-11-20(15-17)25(27)28/h1-12,15-16H,13-14H2/b21-16+. The van der Waals surface area contributed by atoms with Crippen LogP contribution in [-0.2, 0) is 11.2 Å². The van der Waals surface area contributed by atoms with E-state index >= 15 is 0 Å². The molecule has 0 atom stereocenters. The third-order valence-electron chi connectivity index (χ3n) is 4.84. The summed E-state index contributed by atoms with van der Waals surface area (Å²) < 4.78 is 0. The second kappa shape index (κ2) is 7.48. The van der Waals surface area contributed by atoms with Gasteiger partial charge in [-0.05, 0) is 35.3 Å². The van der Waals surface area contributed by atoms with Crippen LogP contribution in [0, 0.1) is 10.1 Å². The molecule has 5 nitrogen and oxygen atoms in total. The molecular formula is C23H18N2O3. The SMILES string of the molecule is O=C(/C(=C/c1cccc([N+](=O)[O-])c1)c1ccccc1)N1CCc2ccccc21. The highest BCUT2D eigenvalue weighted by atomic mass is 16.6. The summed E-state index contributed by atoms with van der Waals surface area (Å²) in [5.41, 5.74) is 3.99. The summed E-state index contributed by atoms with van der Waals surface area (Å²) in [5, 5.41) is 11.1. The smallest absolute Gasteiger partial charge is 0.270 e. The first-order valence-electron chi connectivity index (χ1n) is 9.05. The Balaban J connectivity index is 1.78. The summed E-state index contributed by atoms with van der Waals surface area (Å²) in [7, 11) is 0. The molecule has 3 aromatic carbocycles. The number of hydrogen-bond donors (Lipinski definition) is 0. The van der Waals surface area contributed by atoms with Crippen molar-refractivity contribution >= 4 is 28.9 Å². The van der Waals surface area contributed by atoms with Gasteiger partial charge in [0.25, 0.3) is 11.6 Å². The molecule has 0 saturated carbocycles. The molecule has 0 saturated heterocycles. The Morgan fingerprint density at radius 1 is 0.964 bits per heavy atom. The lowest BCUT2D eigenvalue weighted by molar-refractivity contribution is -0.384. The Bertz CT molecular complexity index is 1070. The van der Waals surface area contributed by atoms with Crippen LogP contribution in [0.3, 0.4) is 0 Å². The minimum Gasteiger partial charge on any atom is -0.308 e. The van der Waals surface area contributed by atoms with E-state index in [9.17, 15) is 14.9 Å². The molecule has 0 spiro atoms. The maximum Gasteiger partial charge on any atom is 0.270 e. The van der Waals surface area contributed by atoms with E-state index in [1.165, 1.54) is 12.1 Å². The summed E-state index contributed by atoms with van der Waals surface area (Å²) >= 11 is 0. The van der Waals surface area contributed by atoms with Crippen molar-refractivity contribution in [3.63, 3.8) is 0 Å². The fraction of sp³-hybridized carbons (Fsp3) is 0.0870. The molecule has 138 valence electrons. The van der Waals surface area contributed by atoms with E-state index in [-0.39, 0.29) is 11.6 Å². The summed E-state index contributed by atoms with van der Waals surface area (Å²) in [5.74, 6) is -0.109. The maximum absolute atomic E-state index is 13.5. The van der Waals surface area contributed by atoms with Gasteiger partial charge < -0.3 is 4.90 Å². The van der Waals surface area contributed by atoms with Gasteiger partial charge in [-0.2, -0.15) is 0 Å². The zero-order chi connectivity index (χ0) is 19.5. The Hall–Kier alpha value is -3.73. The van der Waals surface area contributed by atoms with Crippen LogP contribution in [0.2, 0.25) is 0 Å². The van der Waals surface area contributed by atoms with E-state index in [2.05, 4.69) is 0 Å². The molecule has 4 rings (SSSR count). The molecule has 0 radical (unpaired) electrons. The van der Waals surface area contributed by atoms with Crippen molar-refractivity contribution in [1.82, 2.24) is 0 Å². The van der Waals surface area contributed by atoms with Crippen molar-refractivity contribution in [2.75, 3.05) is 11.4 Å². The predicted molar refractivity (Wildman–Crippen MR) is 110 cm³/mol. The van der Waals surface area contributed by atoms with Crippen LogP contribution in [0.4, 0.5) is 11.4 Å². The fourth-order valence-electron chi connectivity index (χ4n) is 3.48. The molecule has 0 aromatic heterocycles. The molecular weight excluding hydrogens is 352 g/mol. The van der Waals surface area contributed by atoms with E-state index in [1.54, 1.807) is 23.1 Å². The first-order valence-corrected chi connectivity index (χ1v) is 9.05. The molecule has 1 amide bonds. The first-order chi connectivity index (χ1) is 13.6. The van der Waals surface area contributed by atoms with Gasteiger partial charge in [-0.25, -0.2) is 0 Å². The highest BCUT2D eigenvalue weighted by Crippen LogP contribution is 2.31. The van der Waals surface area contributed by atoms with Gasteiger partial charge in [-0.15, -0.1) is 0 Å². The number of amides is 1. The fourth-order valence-corrected chi connectivity index (χ4v) is 3.48. The van der Waals surface area contributed by atoms with Crippen LogP contribution in [-0.4, -0.2) is 17.4 Å². The number of nitrogens with zero attached hydrogens (tertiary/aromatic N) is 2. The topological polar surface area (TPSA) is 63.4 Å². The number of nitro groups is 1. The lowest BCUT2D eigenvalue weighted by Crippen LogP contribution is -2.29. The lowest BCUT2D eigenvalue weighted by atomic mass is 10.0. The number of carbonyl (C=O) groups is 1. The van der Waals surface area contributed by atoms with E-state index < -0.39 is 4.92 Å². The zero-order valence-electron chi connectivity index (χ0n) is 15.1. The van der Waals surface area contributed by atoms with Gasteiger partial charge in [-0.1, -0.05) is 60.7 Å². The largest absolute Gasteiger partial charge is 0.308 e. The first kappa shape index (κ1) is 17.7. The van der Waals surface area contributed by atoms with Gasteiger partial charge in [0.2, 0.25) is 0 Å². The third-order valence-corrected chi connectivity index (χ3v) is 4.84. The monoisotopic (exact) mass is 370 g/mol.